The van der Waals surface area contributed by atoms with Gasteiger partial charge in [0.15, 0.2) is 0 Å². The predicted molar refractivity (Wildman–Crippen MR) is 108 cm³/mol. The van der Waals surface area contributed by atoms with Crippen LogP contribution in [0.1, 0.15) is 59.1 Å². The molecule has 4 heteroatoms. The van der Waals surface area contributed by atoms with Crippen LogP contribution in [0.5, 0.6) is 0 Å². The number of benzene rings is 2. The molecule has 2 atom stereocenters. The van der Waals surface area contributed by atoms with Crippen LogP contribution in [0.4, 0.5) is 0 Å². The number of aliphatic hydroxyl groups excluding tert-OH is 1. The van der Waals surface area contributed by atoms with E-state index in [-0.39, 0.29) is 5.92 Å². The van der Waals surface area contributed by atoms with Gasteiger partial charge in [0.1, 0.15) is 0 Å². The largest absolute Gasteiger partial charge is 0.478 e. The van der Waals surface area contributed by atoms with Gasteiger partial charge in [-0.1, -0.05) is 50.6 Å². The van der Waals surface area contributed by atoms with Crippen molar-refractivity contribution in [2.75, 3.05) is 0 Å². The zero-order valence-electron chi connectivity index (χ0n) is 16.1. The number of nitrogens with one attached hydrogen (secondary N) is 1. The lowest BCUT2D eigenvalue weighted by Crippen LogP contribution is -2.11. The lowest BCUT2D eigenvalue weighted by Gasteiger charge is -2.18. The summed E-state index contributed by atoms with van der Waals surface area (Å²) < 4.78 is 0. The Morgan fingerprint density at radius 2 is 1.85 bits per heavy atom. The number of hydrogen-bond acceptors (Lipinski definition) is 2. The topological polar surface area (TPSA) is 73.3 Å². The maximum atomic E-state index is 11.6. The van der Waals surface area contributed by atoms with Gasteiger partial charge in [0.05, 0.1) is 11.7 Å². The van der Waals surface area contributed by atoms with Crippen LogP contribution in [0, 0.1) is 12.8 Å². The van der Waals surface area contributed by atoms with Gasteiger partial charge >= 0.3 is 5.97 Å². The molecule has 27 heavy (non-hydrogen) atoms. The first-order valence-corrected chi connectivity index (χ1v) is 9.52. The summed E-state index contributed by atoms with van der Waals surface area (Å²) in [7, 11) is 0. The quantitative estimate of drug-likeness (QED) is 0.549. The van der Waals surface area contributed by atoms with E-state index < -0.39 is 12.1 Å². The molecular weight excluding hydrogens is 338 g/mol. The molecule has 0 saturated carbocycles. The normalized spacial score (nSPS) is 13.6. The van der Waals surface area contributed by atoms with E-state index in [2.05, 4.69) is 24.0 Å². The summed E-state index contributed by atoms with van der Waals surface area (Å²) in [5, 5.41) is 21.3. The summed E-state index contributed by atoms with van der Waals surface area (Å²) in [5.41, 5.74) is 4.98. The Morgan fingerprint density at radius 3 is 2.48 bits per heavy atom. The third-order valence-corrected chi connectivity index (χ3v) is 5.50. The second kappa shape index (κ2) is 7.97. The first-order valence-electron chi connectivity index (χ1n) is 9.52. The molecule has 0 spiro atoms. The number of H-pyrrole nitrogens is 1. The summed E-state index contributed by atoms with van der Waals surface area (Å²) in [5.74, 6) is -0.804. The molecule has 0 aliphatic heterocycles. The van der Waals surface area contributed by atoms with Crippen LogP contribution in [0.15, 0.2) is 42.5 Å². The minimum Gasteiger partial charge on any atom is -0.478 e. The maximum Gasteiger partial charge on any atom is 0.335 e. The molecule has 0 aliphatic rings. The Kier molecular flexibility index (Phi) is 5.66. The molecule has 2 aromatic carbocycles. The predicted octanol–water partition coefficient (Wildman–Crippen LogP) is 5.04. The number of aryl methyl sites for hydroxylation is 3. The fourth-order valence-electron chi connectivity index (χ4n) is 3.60. The summed E-state index contributed by atoms with van der Waals surface area (Å²) in [6.07, 6.45) is 1.86. The molecule has 3 aromatic rings. The summed E-state index contributed by atoms with van der Waals surface area (Å²) in [6, 6.07) is 13.8. The summed E-state index contributed by atoms with van der Waals surface area (Å²) >= 11 is 0. The van der Waals surface area contributed by atoms with Crippen LogP contribution in [0.25, 0.3) is 10.9 Å². The number of aromatic carboxylic acids is 1. The van der Waals surface area contributed by atoms with Crippen LogP contribution in [0.3, 0.4) is 0 Å². The molecule has 0 amide bonds. The van der Waals surface area contributed by atoms with Crippen LogP contribution < -0.4 is 0 Å². The Morgan fingerprint density at radius 1 is 1.15 bits per heavy atom. The maximum absolute atomic E-state index is 11.6. The van der Waals surface area contributed by atoms with Gasteiger partial charge in [-0.05, 0) is 54.5 Å². The highest BCUT2D eigenvalue weighted by Gasteiger charge is 2.23. The van der Waals surface area contributed by atoms with Crippen molar-refractivity contribution >= 4 is 16.9 Å². The number of carboxylic acid groups (broad SMARTS) is 1. The number of aromatic amines is 1. The molecule has 0 aliphatic carbocycles. The Bertz CT molecular complexity index is 943. The first-order chi connectivity index (χ1) is 12.9. The fourth-order valence-corrected chi connectivity index (χ4v) is 3.60. The molecule has 2 unspecified atom stereocenters. The Labute approximate surface area is 159 Å². The van der Waals surface area contributed by atoms with Gasteiger partial charge in [-0.2, -0.15) is 0 Å². The van der Waals surface area contributed by atoms with E-state index in [1.54, 1.807) is 13.0 Å². The summed E-state index contributed by atoms with van der Waals surface area (Å²) in [4.78, 5) is 15.0. The summed E-state index contributed by atoms with van der Waals surface area (Å²) in [6.45, 7) is 5.90. The molecule has 0 bridgehead atoms. The van der Waals surface area contributed by atoms with Gasteiger partial charge in [-0.3, -0.25) is 0 Å². The van der Waals surface area contributed by atoms with Gasteiger partial charge in [0.2, 0.25) is 0 Å². The highest BCUT2D eigenvalue weighted by Crippen LogP contribution is 2.34. The fraction of sp³-hybridized carbons (Fsp3) is 0.348. The number of fused-ring (bicyclic) bond motifs is 1. The van der Waals surface area contributed by atoms with Crippen molar-refractivity contribution < 1.29 is 15.0 Å². The van der Waals surface area contributed by atoms with Crippen molar-refractivity contribution in [1.29, 1.82) is 0 Å². The van der Waals surface area contributed by atoms with Crippen LogP contribution in [-0.4, -0.2) is 21.2 Å². The first kappa shape index (κ1) is 19.2. The molecule has 3 N–H and O–H groups in total. The van der Waals surface area contributed by atoms with Gasteiger partial charge in [-0.15, -0.1) is 0 Å². The van der Waals surface area contributed by atoms with Gasteiger partial charge in [0.25, 0.3) is 0 Å². The number of aromatic nitrogens is 1. The lowest BCUT2D eigenvalue weighted by molar-refractivity contribution is 0.0696. The van der Waals surface area contributed by atoms with Crippen molar-refractivity contribution in [2.24, 2.45) is 5.92 Å². The smallest absolute Gasteiger partial charge is 0.335 e. The lowest BCUT2D eigenvalue weighted by atomic mass is 9.93. The van der Waals surface area contributed by atoms with Crippen LogP contribution in [0.2, 0.25) is 0 Å². The van der Waals surface area contributed by atoms with E-state index in [4.69, 9.17) is 0 Å². The molecule has 4 nitrogen and oxygen atoms in total. The molecule has 0 fully saturated rings. The minimum absolute atomic E-state index is 0.119. The molecule has 0 saturated heterocycles. The van der Waals surface area contributed by atoms with Crippen molar-refractivity contribution in [3.8, 4) is 0 Å². The van der Waals surface area contributed by atoms with E-state index in [1.807, 2.05) is 31.2 Å². The average Bonchev–Trinajstić information content (AvgIpc) is 3.02. The van der Waals surface area contributed by atoms with Crippen molar-refractivity contribution in [3.05, 3.63) is 70.4 Å². The minimum atomic E-state index is -0.923. The van der Waals surface area contributed by atoms with Crippen molar-refractivity contribution in [1.82, 2.24) is 4.98 Å². The molecule has 142 valence electrons. The zero-order valence-corrected chi connectivity index (χ0v) is 16.1. The van der Waals surface area contributed by atoms with Crippen LogP contribution >= 0.6 is 0 Å². The molecule has 1 heterocycles. The van der Waals surface area contributed by atoms with E-state index >= 15 is 0 Å². The standard InChI is InChI=1S/C23H27NO3/c1-4-14(2)22(25)21-17(11-10-16-8-6-5-7-9-16)19-13-18(23(26)27)15(3)12-20(19)24-21/h5-9,12-14,22,24-25H,4,10-11H2,1-3H3,(H,26,27). The second-order valence-electron chi connectivity index (χ2n) is 7.35. The molecule has 1 aromatic heterocycles. The number of rotatable bonds is 7. The van der Waals surface area contributed by atoms with Crippen LogP contribution in [-0.2, 0) is 12.8 Å². The number of aliphatic hydroxyl groups is 1. The number of carbonyl (C=O) groups is 1. The monoisotopic (exact) mass is 365 g/mol. The highest BCUT2D eigenvalue weighted by atomic mass is 16.4. The van der Waals surface area contributed by atoms with E-state index in [0.29, 0.717) is 5.56 Å². The van der Waals surface area contributed by atoms with E-state index in [9.17, 15) is 15.0 Å². The molecule has 0 radical (unpaired) electrons. The third kappa shape index (κ3) is 3.91. The van der Waals surface area contributed by atoms with Crippen molar-refractivity contribution in [3.63, 3.8) is 0 Å². The van der Waals surface area contributed by atoms with Gasteiger partial charge in [0, 0.05) is 16.6 Å². The number of hydrogen-bond donors (Lipinski definition) is 3. The van der Waals surface area contributed by atoms with E-state index in [0.717, 1.165) is 47.0 Å². The molecular formula is C23H27NO3. The third-order valence-electron chi connectivity index (χ3n) is 5.50. The van der Waals surface area contributed by atoms with Gasteiger partial charge in [-0.25, -0.2) is 4.79 Å². The average molecular weight is 365 g/mol. The van der Waals surface area contributed by atoms with Gasteiger partial charge < -0.3 is 15.2 Å². The van der Waals surface area contributed by atoms with Crippen molar-refractivity contribution in [2.45, 2.75) is 46.1 Å². The second-order valence-corrected chi connectivity index (χ2v) is 7.35. The number of carboxylic acids is 1. The Hall–Kier alpha value is -2.59. The SMILES string of the molecule is CCC(C)C(O)c1[nH]c2cc(C)c(C(=O)O)cc2c1CCc1ccccc1. The zero-order chi connectivity index (χ0) is 19.6. The van der Waals surface area contributed by atoms with E-state index in [1.165, 1.54) is 5.56 Å². The highest BCUT2D eigenvalue weighted by molar-refractivity contribution is 5.97. The Balaban J connectivity index is 2.09. The molecule has 3 rings (SSSR count).